The van der Waals surface area contributed by atoms with Crippen molar-refractivity contribution in [3.05, 3.63) is 108 Å². The lowest BCUT2D eigenvalue weighted by Gasteiger charge is -2.38. The molecule has 0 bridgehead atoms. The predicted octanol–water partition coefficient (Wildman–Crippen LogP) is 7.35. The Morgan fingerprint density at radius 1 is 0.643 bits per heavy atom. The van der Waals surface area contributed by atoms with Crippen molar-refractivity contribution in [2.75, 3.05) is 0 Å². The van der Waals surface area contributed by atoms with E-state index in [1.807, 2.05) is 0 Å². The molecule has 0 saturated heterocycles. The first-order chi connectivity index (χ1) is 13.8. The van der Waals surface area contributed by atoms with E-state index in [1.54, 1.807) is 0 Å². The fraction of sp³-hybridized carbons (Fsp3) is 0.333. The standard InChI is InChI=1S/C27H32O/c1-3-4-5-9-16-23(2)28-27(24-17-10-6-11-18-24,25-19-12-7-13-20-25)26-21-14-8-15-22-26/h6-8,10-15,17-23H,3-5,9,16H2,1-2H3. The number of rotatable bonds is 10. The molecule has 0 fully saturated rings. The maximum absolute atomic E-state index is 6.98. The van der Waals surface area contributed by atoms with Gasteiger partial charge in [-0.25, -0.2) is 0 Å². The molecule has 28 heavy (non-hydrogen) atoms. The summed E-state index contributed by atoms with van der Waals surface area (Å²) in [4.78, 5) is 0. The van der Waals surface area contributed by atoms with Crippen molar-refractivity contribution >= 4 is 0 Å². The lowest BCUT2D eigenvalue weighted by atomic mass is 9.80. The van der Waals surface area contributed by atoms with Crippen molar-refractivity contribution in [2.45, 2.75) is 57.7 Å². The van der Waals surface area contributed by atoms with Crippen LogP contribution in [-0.4, -0.2) is 6.10 Å². The minimum absolute atomic E-state index is 0.164. The zero-order chi connectivity index (χ0) is 19.7. The number of hydrogen-bond acceptors (Lipinski definition) is 1. The molecule has 1 heteroatoms. The van der Waals surface area contributed by atoms with Crippen LogP contribution in [0.2, 0.25) is 0 Å². The van der Waals surface area contributed by atoms with E-state index in [9.17, 15) is 0 Å². The summed E-state index contributed by atoms with van der Waals surface area (Å²) >= 11 is 0. The first-order valence-electron chi connectivity index (χ1n) is 10.6. The van der Waals surface area contributed by atoms with E-state index < -0.39 is 5.60 Å². The smallest absolute Gasteiger partial charge is 0.144 e. The molecule has 3 aromatic rings. The van der Waals surface area contributed by atoms with Gasteiger partial charge in [-0.2, -0.15) is 0 Å². The number of ether oxygens (including phenoxy) is 1. The van der Waals surface area contributed by atoms with Gasteiger partial charge in [-0.05, 0) is 30.0 Å². The second kappa shape index (κ2) is 10.2. The molecule has 0 radical (unpaired) electrons. The van der Waals surface area contributed by atoms with Gasteiger partial charge in [0.1, 0.15) is 5.60 Å². The van der Waals surface area contributed by atoms with Gasteiger partial charge in [-0.15, -0.1) is 0 Å². The summed E-state index contributed by atoms with van der Waals surface area (Å²) in [6, 6.07) is 31.9. The molecule has 0 aliphatic heterocycles. The molecule has 3 aromatic carbocycles. The van der Waals surface area contributed by atoms with Crippen LogP contribution in [-0.2, 0) is 10.3 Å². The van der Waals surface area contributed by atoms with Crippen LogP contribution in [0.1, 0.15) is 62.6 Å². The van der Waals surface area contributed by atoms with E-state index in [0.717, 1.165) is 6.42 Å². The average Bonchev–Trinajstić information content (AvgIpc) is 2.77. The van der Waals surface area contributed by atoms with Gasteiger partial charge in [0.15, 0.2) is 0 Å². The molecule has 1 nitrogen and oxygen atoms in total. The fourth-order valence-corrected chi connectivity index (χ4v) is 3.94. The number of unbranched alkanes of at least 4 members (excludes halogenated alkanes) is 3. The maximum Gasteiger partial charge on any atom is 0.144 e. The first-order valence-corrected chi connectivity index (χ1v) is 10.6. The molecule has 0 aliphatic carbocycles. The van der Waals surface area contributed by atoms with E-state index in [0.29, 0.717) is 0 Å². The molecule has 0 amide bonds. The van der Waals surface area contributed by atoms with Gasteiger partial charge in [0, 0.05) is 0 Å². The molecule has 0 heterocycles. The molecule has 0 spiro atoms. The van der Waals surface area contributed by atoms with E-state index in [2.05, 4.69) is 105 Å². The van der Waals surface area contributed by atoms with Gasteiger partial charge in [0.25, 0.3) is 0 Å². The van der Waals surface area contributed by atoms with Crippen LogP contribution in [0.5, 0.6) is 0 Å². The minimum atomic E-state index is -0.603. The summed E-state index contributed by atoms with van der Waals surface area (Å²) in [5.74, 6) is 0. The van der Waals surface area contributed by atoms with Crippen molar-refractivity contribution in [3.8, 4) is 0 Å². The lowest BCUT2D eigenvalue weighted by Crippen LogP contribution is -2.36. The highest BCUT2D eigenvalue weighted by Gasteiger charge is 2.38. The number of hydrogen-bond donors (Lipinski definition) is 0. The molecule has 1 atom stereocenters. The van der Waals surface area contributed by atoms with E-state index in [-0.39, 0.29) is 6.10 Å². The zero-order valence-electron chi connectivity index (χ0n) is 17.2. The molecule has 1 unspecified atom stereocenters. The van der Waals surface area contributed by atoms with E-state index in [4.69, 9.17) is 4.74 Å². The summed E-state index contributed by atoms with van der Waals surface area (Å²) in [7, 11) is 0. The van der Waals surface area contributed by atoms with Crippen LogP contribution >= 0.6 is 0 Å². The largest absolute Gasteiger partial charge is 0.358 e. The van der Waals surface area contributed by atoms with Gasteiger partial charge in [0.05, 0.1) is 6.10 Å². The fourth-order valence-electron chi connectivity index (χ4n) is 3.94. The Hall–Kier alpha value is -2.38. The molecule has 0 aliphatic rings. The van der Waals surface area contributed by atoms with Gasteiger partial charge >= 0.3 is 0 Å². The third-order valence-corrected chi connectivity index (χ3v) is 5.38. The van der Waals surface area contributed by atoms with Crippen molar-refractivity contribution in [2.24, 2.45) is 0 Å². The van der Waals surface area contributed by atoms with E-state index in [1.165, 1.54) is 42.4 Å². The molecular weight excluding hydrogens is 340 g/mol. The Morgan fingerprint density at radius 2 is 1.07 bits per heavy atom. The van der Waals surface area contributed by atoms with Crippen LogP contribution in [0.25, 0.3) is 0 Å². The Morgan fingerprint density at radius 3 is 1.46 bits per heavy atom. The van der Waals surface area contributed by atoms with Crippen LogP contribution in [0, 0.1) is 0 Å². The average molecular weight is 373 g/mol. The van der Waals surface area contributed by atoms with Crippen molar-refractivity contribution < 1.29 is 4.74 Å². The summed E-state index contributed by atoms with van der Waals surface area (Å²) in [6.45, 7) is 4.47. The third kappa shape index (κ3) is 4.72. The quantitative estimate of drug-likeness (QED) is 0.267. The molecule has 0 saturated carbocycles. The predicted molar refractivity (Wildman–Crippen MR) is 119 cm³/mol. The highest BCUT2D eigenvalue weighted by Crippen LogP contribution is 2.41. The van der Waals surface area contributed by atoms with Gasteiger partial charge < -0.3 is 4.74 Å². The Bertz CT molecular complexity index is 699. The maximum atomic E-state index is 6.98. The highest BCUT2D eigenvalue weighted by molar-refractivity contribution is 5.47. The van der Waals surface area contributed by atoms with Gasteiger partial charge in [-0.1, -0.05) is 124 Å². The van der Waals surface area contributed by atoms with Crippen LogP contribution < -0.4 is 0 Å². The third-order valence-electron chi connectivity index (χ3n) is 5.38. The Kier molecular flexibility index (Phi) is 7.45. The zero-order valence-corrected chi connectivity index (χ0v) is 17.2. The minimum Gasteiger partial charge on any atom is -0.358 e. The molecule has 0 aromatic heterocycles. The number of benzene rings is 3. The lowest BCUT2D eigenvalue weighted by molar-refractivity contribution is -0.0427. The van der Waals surface area contributed by atoms with Gasteiger partial charge in [-0.3, -0.25) is 0 Å². The second-order valence-electron chi connectivity index (χ2n) is 7.56. The summed E-state index contributed by atoms with van der Waals surface area (Å²) in [5.41, 5.74) is 2.92. The van der Waals surface area contributed by atoms with Crippen LogP contribution in [0.4, 0.5) is 0 Å². The Labute approximate surface area is 170 Å². The van der Waals surface area contributed by atoms with Crippen LogP contribution in [0.3, 0.4) is 0 Å². The summed E-state index contributed by atoms with van der Waals surface area (Å²) in [6.07, 6.45) is 6.29. The first kappa shape index (κ1) is 20.4. The molecular formula is C27H32O. The van der Waals surface area contributed by atoms with Crippen LogP contribution in [0.15, 0.2) is 91.0 Å². The molecule has 0 N–H and O–H groups in total. The summed E-state index contributed by atoms with van der Waals surface area (Å²) in [5, 5.41) is 0. The topological polar surface area (TPSA) is 9.23 Å². The van der Waals surface area contributed by atoms with Crippen molar-refractivity contribution in [1.29, 1.82) is 0 Å². The van der Waals surface area contributed by atoms with Crippen molar-refractivity contribution in [1.82, 2.24) is 0 Å². The highest BCUT2D eigenvalue weighted by atomic mass is 16.5. The summed E-state index contributed by atoms with van der Waals surface area (Å²) < 4.78 is 6.98. The Balaban J connectivity index is 2.04. The monoisotopic (exact) mass is 372 g/mol. The van der Waals surface area contributed by atoms with Crippen molar-refractivity contribution in [3.63, 3.8) is 0 Å². The normalized spacial score (nSPS) is 12.6. The molecule has 3 rings (SSSR count). The SMILES string of the molecule is CCCCCCC(C)OC(c1ccccc1)(c1ccccc1)c1ccccc1. The van der Waals surface area contributed by atoms with E-state index >= 15 is 0 Å². The second-order valence-corrected chi connectivity index (χ2v) is 7.56. The molecule has 146 valence electrons. The van der Waals surface area contributed by atoms with Gasteiger partial charge in [0.2, 0.25) is 0 Å².